The van der Waals surface area contributed by atoms with Gasteiger partial charge in [-0.3, -0.25) is 4.79 Å². The van der Waals surface area contributed by atoms with Crippen molar-refractivity contribution in [1.29, 1.82) is 5.26 Å². The second kappa shape index (κ2) is 8.12. The molecule has 0 bridgehead atoms. The third-order valence-corrected chi connectivity index (χ3v) is 2.76. The van der Waals surface area contributed by atoms with Crippen LogP contribution in [0.3, 0.4) is 0 Å². The molecule has 92 valence electrons. The molecule has 0 aliphatic heterocycles. The van der Waals surface area contributed by atoms with Crippen LogP contribution in [0.2, 0.25) is 0 Å². The van der Waals surface area contributed by atoms with Gasteiger partial charge < -0.3 is 9.64 Å². The summed E-state index contributed by atoms with van der Waals surface area (Å²) < 4.78 is 4.97. The largest absolute Gasteiger partial charge is 0.383 e. The highest BCUT2D eigenvalue weighted by Crippen LogP contribution is 2.13. The monoisotopic (exact) mass is 226 g/mol. The van der Waals surface area contributed by atoms with E-state index in [0.29, 0.717) is 32.0 Å². The van der Waals surface area contributed by atoms with Gasteiger partial charge in [0.1, 0.15) is 0 Å². The lowest BCUT2D eigenvalue weighted by Crippen LogP contribution is -2.39. The minimum atomic E-state index is -0.00412. The third-order valence-electron chi connectivity index (χ3n) is 2.76. The zero-order chi connectivity index (χ0) is 12.6. The van der Waals surface area contributed by atoms with Crippen LogP contribution in [-0.2, 0) is 9.53 Å². The van der Waals surface area contributed by atoms with Crippen LogP contribution < -0.4 is 0 Å². The molecule has 0 heterocycles. The van der Waals surface area contributed by atoms with Gasteiger partial charge in [-0.05, 0) is 5.92 Å². The van der Waals surface area contributed by atoms with Crippen molar-refractivity contribution in [1.82, 2.24) is 4.90 Å². The van der Waals surface area contributed by atoms with Crippen molar-refractivity contribution in [3.8, 4) is 6.07 Å². The van der Waals surface area contributed by atoms with E-state index in [1.165, 1.54) is 0 Å². The molecular formula is C12H22N2O2. The zero-order valence-corrected chi connectivity index (χ0v) is 10.7. The molecule has 0 aromatic heterocycles. The number of carbonyl (C=O) groups excluding carboxylic acids is 1. The number of nitrogens with zero attached hydrogens (tertiary/aromatic N) is 2. The number of amides is 1. The summed E-state index contributed by atoms with van der Waals surface area (Å²) in [6.07, 6.45) is 0.375. The highest BCUT2D eigenvalue weighted by atomic mass is 16.5. The van der Waals surface area contributed by atoms with Crippen molar-refractivity contribution < 1.29 is 9.53 Å². The van der Waals surface area contributed by atoms with Crippen LogP contribution in [0.5, 0.6) is 0 Å². The van der Waals surface area contributed by atoms with Crippen LogP contribution in [-0.4, -0.2) is 37.6 Å². The number of hydrogen-bond donors (Lipinski definition) is 0. The molecule has 0 radical (unpaired) electrons. The number of rotatable bonds is 7. The minimum Gasteiger partial charge on any atom is -0.383 e. The predicted molar refractivity (Wildman–Crippen MR) is 62.7 cm³/mol. The second-order valence-corrected chi connectivity index (χ2v) is 4.26. The molecule has 0 spiro atoms. The first-order chi connectivity index (χ1) is 7.54. The van der Waals surface area contributed by atoms with Crippen molar-refractivity contribution in [3.05, 3.63) is 0 Å². The smallest absolute Gasteiger partial charge is 0.225 e. The van der Waals surface area contributed by atoms with Crippen molar-refractivity contribution in [3.63, 3.8) is 0 Å². The van der Waals surface area contributed by atoms with Crippen LogP contribution in [0.4, 0.5) is 0 Å². The van der Waals surface area contributed by atoms with E-state index in [4.69, 9.17) is 10.00 Å². The average Bonchev–Trinajstić information content (AvgIpc) is 2.27. The van der Waals surface area contributed by atoms with Gasteiger partial charge in [0, 0.05) is 26.1 Å². The maximum atomic E-state index is 12.1. The summed E-state index contributed by atoms with van der Waals surface area (Å²) in [6.45, 7) is 7.56. The topological polar surface area (TPSA) is 53.3 Å². The molecule has 0 saturated carbocycles. The van der Waals surface area contributed by atoms with Gasteiger partial charge in [0.25, 0.3) is 0 Å². The Morgan fingerprint density at radius 3 is 2.44 bits per heavy atom. The van der Waals surface area contributed by atoms with Crippen molar-refractivity contribution in [2.24, 2.45) is 11.8 Å². The Morgan fingerprint density at radius 2 is 2.00 bits per heavy atom. The third kappa shape index (κ3) is 5.13. The lowest BCUT2D eigenvalue weighted by atomic mass is 9.96. The van der Waals surface area contributed by atoms with E-state index in [-0.39, 0.29) is 11.8 Å². The van der Waals surface area contributed by atoms with E-state index in [1.807, 2.05) is 20.8 Å². The van der Waals surface area contributed by atoms with Crippen LogP contribution in [0.25, 0.3) is 0 Å². The van der Waals surface area contributed by atoms with Crippen LogP contribution in [0, 0.1) is 23.2 Å². The molecule has 1 atom stereocenters. The quantitative estimate of drug-likeness (QED) is 0.663. The number of ether oxygens (including phenoxy) is 1. The summed E-state index contributed by atoms with van der Waals surface area (Å²) in [5.41, 5.74) is 0. The van der Waals surface area contributed by atoms with Crippen molar-refractivity contribution in [2.45, 2.75) is 27.2 Å². The molecule has 1 amide bonds. The van der Waals surface area contributed by atoms with Crippen LogP contribution in [0.1, 0.15) is 27.2 Å². The molecule has 0 aromatic carbocycles. The zero-order valence-electron chi connectivity index (χ0n) is 10.7. The van der Waals surface area contributed by atoms with Gasteiger partial charge in [0.2, 0.25) is 5.91 Å². The lowest BCUT2D eigenvalue weighted by molar-refractivity contribution is -0.136. The van der Waals surface area contributed by atoms with Gasteiger partial charge in [-0.1, -0.05) is 20.8 Å². The van der Waals surface area contributed by atoms with E-state index in [0.717, 1.165) is 0 Å². The Labute approximate surface area is 98.2 Å². The molecule has 0 rings (SSSR count). The normalized spacial score (nSPS) is 12.2. The van der Waals surface area contributed by atoms with Gasteiger partial charge in [-0.2, -0.15) is 5.26 Å². The summed E-state index contributed by atoms with van der Waals surface area (Å²) in [6, 6.07) is 2.06. The maximum absolute atomic E-state index is 12.1. The Morgan fingerprint density at radius 1 is 1.38 bits per heavy atom. The van der Waals surface area contributed by atoms with Crippen LogP contribution >= 0.6 is 0 Å². The highest BCUT2D eigenvalue weighted by molar-refractivity contribution is 5.78. The lowest BCUT2D eigenvalue weighted by Gasteiger charge is -2.26. The number of methoxy groups -OCH3 is 1. The van der Waals surface area contributed by atoms with Gasteiger partial charge in [-0.25, -0.2) is 0 Å². The summed E-state index contributed by atoms with van der Waals surface area (Å²) in [5.74, 6) is 0.428. The molecule has 0 aliphatic rings. The standard InChI is InChI=1S/C12H22N2O2/c1-10(2)11(3)12(15)14(7-5-6-13)8-9-16-4/h10-11H,5,7-9H2,1-4H3. The fourth-order valence-electron chi connectivity index (χ4n) is 1.29. The summed E-state index contributed by atoms with van der Waals surface area (Å²) in [5, 5.41) is 8.55. The van der Waals surface area contributed by atoms with Crippen LogP contribution in [0.15, 0.2) is 0 Å². The molecule has 0 N–H and O–H groups in total. The average molecular weight is 226 g/mol. The Kier molecular flexibility index (Phi) is 7.57. The first-order valence-corrected chi connectivity index (χ1v) is 5.69. The van der Waals surface area contributed by atoms with Crippen molar-refractivity contribution in [2.75, 3.05) is 26.8 Å². The molecule has 0 fully saturated rings. The number of carbonyl (C=O) groups is 1. The summed E-state index contributed by atoms with van der Waals surface area (Å²) >= 11 is 0. The minimum absolute atomic E-state index is 0.00412. The van der Waals surface area contributed by atoms with E-state index in [1.54, 1.807) is 12.0 Å². The van der Waals surface area contributed by atoms with E-state index >= 15 is 0 Å². The first kappa shape index (κ1) is 14.9. The molecular weight excluding hydrogens is 204 g/mol. The van der Waals surface area contributed by atoms with Gasteiger partial charge in [0.15, 0.2) is 0 Å². The Hall–Kier alpha value is -1.08. The Bertz CT molecular complexity index is 246. The van der Waals surface area contributed by atoms with Gasteiger partial charge >= 0.3 is 0 Å². The predicted octanol–water partition coefficient (Wildman–Crippen LogP) is 1.67. The molecule has 16 heavy (non-hydrogen) atoms. The summed E-state index contributed by atoms with van der Waals surface area (Å²) in [7, 11) is 1.61. The molecule has 4 heteroatoms. The van der Waals surface area contributed by atoms with Gasteiger partial charge in [0.05, 0.1) is 19.1 Å². The number of hydrogen-bond acceptors (Lipinski definition) is 3. The molecule has 0 aromatic rings. The first-order valence-electron chi connectivity index (χ1n) is 5.69. The molecule has 4 nitrogen and oxygen atoms in total. The molecule has 0 saturated heterocycles. The SMILES string of the molecule is COCCN(CCC#N)C(=O)C(C)C(C)C. The number of nitriles is 1. The fraction of sp³-hybridized carbons (Fsp3) is 0.833. The Balaban J connectivity index is 4.36. The fourth-order valence-corrected chi connectivity index (χ4v) is 1.29. The van der Waals surface area contributed by atoms with E-state index < -0.39 is 0 Å². The summed E-state index contributed by atoms with van der Waals surface area (Å²) in [4.78, 5) is 13.8. The highest BCUT2D eigenvalue weighted by Gasteiger charge is 2.22. The maximum Gasteiger partial charge on any atom is 0.225 e. The van der Waals surface area contributed by atoms with Gasteiger partial charge in [-0.15, -0.1) is 0 Å². The molecule has 0 aliphatic carbocycles. The van der Waals surface area contributed by atoms with E-state index in [2.05, 4.69) is 6.07 Å². The van der Waals surface area contributed by atoms with E-state index in [9.17, 15) is 4.79 Å². The van der Waals surface area contributed by atoms with Crippen molar-refractivity contribution >= 4 is 5.91 Å². The second-order valence-electron chi connectivity index (χ2n) is 4.26. The molecule has 1 unspecified atom stereocenters.